The highest BCUT2D eigenvalue weighted by molar-refractivity contribution is 4.86. The molecule has 2 atom stereocenters. The lowest BCUT2D eigenvalue weighted by Crippen LogP contribution is -2.40. The van der Waals surface area contributed by atoms with Crippen LogP contribution in [0.2, 0.25) is 0 Å². The lowest BCUT2D eigenvalue weighted by Gasteiger charge is -2.30. The molecule has 1 rings (SSSR count). The van der Waals surface area contributed by atoms with Crippen LogP contribution in [-0.4, -0.2) is 19.6 Å². The van der Waals surface area contributed by atoms with E-state index in [1.54, 1.807) is 0 Å². The Hall–Kier alpha value is -0.0800. The molecule has 0 spiro atoms. The van der Waals surface area contributed by atoms with Gasteiger partial charge in [-0.3, -0.25) is 0 Å². The summed E-state index contributed by atoms with van der Waals surface area (Å²) in [4.78, 5) is 0. The summed E-state index contributed by atoms with van der Waals surface area (Å²) in [6.07, 6.45) is 3.79. The Morgan fingerprint density at radius 2 is 1.93 bits per heavy atom. The first kappa shape index (κ1) is 12.0. The van der Waals surface area contributed by atoms with E-state index in [1.165, 1.54) is 25.8 Å². The number of nitrogens with one attached hydrogen (secondary N) is 1. The molecular formula is C12H26N2. The topological polar surface area (TPSA) is 38.0 Å². The SMILES string of the molecule is CCC(CC)(CN)CNCC1CC1C. The molecule has 0 aromatic rings. The summed E-state index contributed by atoms with van der Waals surface area (Å²) in [6.45, 7) is 9.94. The number of hydrogen-bond donors (Lipinski definition) is 2. The minimum Gasteiger partial charge on any atom is -0.330 e. The van der Waals surface area contributed by atoms with Crippen molar-refractivity contribution in [2.45, 2.75) is 40.0 Å². The van der Waals surface area contributed by atoms with Gasteiger partial charge in [-0.05, 0) is 49.6 Å². The molecule has 84 valence electrons. The maximum Gasteiger partial charge on any atom is 0.00198 e. The van der Waals surface area contributed by atoms with Crippen LogP contribution in [0.15, 0.2) is 0 Å². The number of nitrogens with two attached hydrogens (primary N) is 1. The lowest BCUT2D eigenvalue weighted by molar-refractivity contribution is 0.258. The summed E-state index contributed by atoms with van der Waals surface area (Å²) in [5.41, 5.74) is 6.19. The fourth-order valence-electron chi connectivity index (χ4n) is 2.07. The molecule has 1 fully saturated rings. The molecule has 2 unspecified atom stereocenters. The first-order chi connectivity index (χ1) is 6.67. The van der Waals surface area contributed by atoms with Crippen LogP contribution in [0, 0.1) is 17.3 Å². The Balaban J connectivity index is 2.19. The molecule has 2 nitrogen and oxygen atoms in total. The molecule has 0 heterocycles. The summed E-state index contributed by atoms with van der Waals surface area (Å²) in [5.74, 6) is 1.90. The third-order valence-corrected chi connectivity index (χ3v) is 4.12. The van der Waals surface area contributed by atoms with Gasteiger partial charge in [-0.25, -0.2) is 0 Å². The quantitative estimate of drug-likeness (QED) is 0.656. The molecule has 0 amide bonds. The molecule has 0 radical (unpaired) electrons. The predicted molar refractivity (Wildman–Crippen MR) is 62.2 cm³/mol. The van der Waals surface area contributed by atoms with Crippen LogP contribution in [0.4, 0.5) is 0 Å². The summed E-state index contributed by atoms with van der Waals surface area (Å²) < 4.78 is 0. The van der Waals surface area contributed by atoms with Gasteiger partial charge in [-0.1, -0.05) is 20.8 Å². The molecule has 0 aromatic heterocycles. The molecule has 14 heavy (non-hydrogen) atoms. The van der Waals surface area contributed by atoms with Gasteiger partial charge in [0.25, 0.3) is 0 Å². The van der Waals surface area contributed by atoms with Crippen LogP contribution < -0.4 is 11.1 Å². The van der Waals surface area contributed by atoms with E-state index in [0.717, 1.165) is 24.9 Å². The zero-order valence-electron chi connectivity index (χ0n) is 9.97. The highest BCUT2D eigenvalue weighted by Crippen LogP contribution is 2.37. The maximum absolute atomic E-state index is 5.85. The van der Waals surface area contributed by atoms with E-state index in [4.69, 9.17) is 5.73 Å². The first-order valence-corrected chi connectivity index (χ1v) is 6.08. The van der Waals surface area contributed by atoms with Crippen LogP contribution in [0.5, 0.6) is 0 Å². The van der Waals surface area contributed by atoms with Gasteiger partial charge in [-0.2, -0.15) is 0 Å². The average Bonchev–Trinajstić information content (AvgIpc) is 2.90. The highest BCUT2D eigenvalue weighted by Gasteiger charge is 2.32. The molecule has 1 saturated carbocycles. The van der Waals surface area contributed by atoms with Crippen LogP contribution >= 0.6 is 0 Å². The summed E-state index contributed by atoms with van der Waals surface area (Å²) in [5, 5.41) is 3.59. The average molecular weight is 198 g/mol. The van der Waals surface area contributed by atoms with Crippen molar-refractivity contribution in [2.24, 2.45) is 23.0 Å². The van der Waals surface area contributed by atoms with Gasteiger partial charge in [0.2, 0.25) is 0 Å². The van der Waals surface area contributed by atoms with Crippen LogP contribution in [-0.2, 0) is 0 Å². The molecule has 1 aliphatic rings. The Labute approximate surface area is 88.6 Å². The molecule has 2 heteroatoms. The van der Waals surface area contributed by atoms with E-state index in [1.807, 2.05) is 0 Å². The van der Waals surface area contributed by atoms with E-state index in [9.17, 15) is 0 Å². The van der Waals surface area contributed by atoms with Crippen molar-refractivity contribution in [3.05, 3.63) is 0 Å². The third-order valence-electron chi connectivity index (χ3n) is 4.12. The van der Waals surface area contributed by atoms with Gasteiger partial charge in [0, 0.05) is 6.54 Å². The third kappa shape index (κ3) is 2.96. The van der Waals surface area contributed by atoms with Gasteiger partial charge >= 0.3 is 0 Å². The first-order valence-electron chi connectivity index (χ1n) is 6.08. The summed E-state index contributed by atoms with van der Waals surface area (Å²) in [7, 11) is 0. The fourth-order valence-corrected chi connectivity index (χ4v) is 2.07. The molecular weight excluding hydrogens is 172 g/mol. The Kier molecular flexibility index (Phi) is 4.39. The predicted octanol–water partition coefficient (Wildman–Crippen LogP) is 2.00. The normalized spacial score (nSPS) is 26.6. The van der Waals surface area contributed by atoms with Crippen LogP contribution in [0.1, 0.15) is 40.0 Å². The van der Waals surface area contributed by atoms with E-state index in [2.05, 4.69) is 26.1 Å². The minimum atomic E-state index is 0.345. The van der Waals surface area contributed by atoms with Crippen molar-refractivity contribution < 1.29 is 0 Å². The molecule has 3 N–H and O–H groups in total. The van der Waals surface area contributed by atoms with Gasteiger partial charge < -0.3 is 11.1 Å². The van der Waals surface area contributed by atoms with Gasteiger partial charge in [0.1, 0.15) is 0 Å². The fraction of sp³-hybridized carbons (Fsp3) is 1.00. The molecule has 0 aromatic carbocycles. The molecule has 0 aliphatic heterocycles. The molecule has 1 aliphatic carbocycles. The highest BCUT2D eigenvalue weighted by atomic mass is 14.9. The largest absolute Gasteiger partial charge is 0.330 e. The van der Waals surface area contributed by atoms with Crippen molar-refractivity contribution in [1.82, 2.24) is 5.32 Å². The second-order valence-electron chi connectivity index (χ2n) is 5.02. The smallest absolute Gasteiger partial charge is 0.00198 e. The van der Waals surface area contributed by atoms with Gasteiger partial charge in [-0.15, -0.1) is 0 Å². The van der Waals surface area contributed by atoms with Crippen LogP contribution in [0.25, 0.3) is 0 Å². The van der Waals surface area contributed by atoms with Gasteiger partial charge in [0.15, 0.2) is 0 Å². The van der Waals surface area contributed by atoms with Crippen molar-refractivity contribution in [3.63, 3.8) is 0 Å². The zero-order valence-corrected chi connectivity index (χ0v) is 9.97. The van der Waals surface area contributed by atoms with Crippen LogP contribution in [0.3, 0.4) is 0 Å². The number of rotatable bonds is 7. The summed E-state index contributed by atoms with van der Waals surface area (Å²) in [6, 6.07) is 0. The number of hydrogen-bond acceptors (Lipinski definition) is 2. The van der Waals surface area contributed by atoms with Crippen molar-refractivity contribution in [1.29, 1.82) is 0 Å². The van der Waals surface area contributed by atoms with Crippen molar-refractivity contribution in [3.8, 4) is 0 Å². The van der Waals surface area contributed by atoms with E-state index in [0.29, 0.717) is 5.41 Å². The second-order valence-corrected chi connectivity index (χ2v) is 5.02. The molecule has 0 saturated heterocycles. The Bertz CT molecular complexity index is 155. The lowest BCUT2D eigenvalue weighted by atomic mass is 9.82. The Morgan fingerprint density at radius 3 is 2.29 bits per heavy atom. The van der Waals surface area contributed by atoms with E-state index < -0.39 is 0 Å². The van der Waals surface area contributed by atoms with E-state index >= 15 is 0 Å². The minimum absolute atomic E-state index is 0.345. The zero-order chi connectivity index (χ0) is 10.6. The standard InChI is InChI=1S/C12H26N2/c1-4-12(5-2,8-13)9-14-7-11-6-10(11)3/h10-11,14H,4-9,13H2,1-3H3. The van der Waals surface area contributed by atoms with E-state index in [-0.39, 0.29) is 0 Å². The van der Waals surface area contributed by atoms with Crippen molar-refractivity contribution >= 4 is 0 Å². The van der Waals surface area contributed by atoms with Crippen molar-refractivity contribution in [2.75, 3.05) is 19.6 Å². The maximum atomic E-state index is 5.85. The Morgan fingerprint density at radius 1 is 1.36 bits per heavy atom. The van der Waals surface area contributed by atoms with Gasteiger partial charge in [0.05, 0.1) is 0 Å². The second kappa shape index (κ2) is 5.13. The monoisotopic (exact) mass is 198 g/mol. The molecule has 0 bridgehead atoms. The summed E-state index contributed by atoms with van der Waals surface area (Å²) >= 11 is 0.